The van der Waals surface area contributed by atoms with Gasteiger partial charge in [-0.2, -0.15) is 9.94 Å². The standard InChI is InChI=1S/C13H13ClN6OS/c1-19(8-2-7-15)12(21)9-22-13-16-17-18-20(13)11-5-3-10(14)4-6-11/h3-6H,2,8-9H2,1H3. The highest BCUT2D eigenvalue weighted by atomic mass is 35.5. The molecule has 114 valence electrons. The number of nitriles is 1. The number of carbonyl (C=O) groups is 1. The smallest absolute Gasteiger partial charge is 0.232 e. The highest BCUT2D eigenvalue weighted by molar-refractivity contribution is 7.99. The highest BCUT2D eigenvalue weighted by Gasteiger charge is 2.14. The molecule has 0 aliphatic heterocycles. The third-order valence-electron chi connectivity index (χ3n) is 2.82. The summed E-state index contributed by atoms with van der Waals surface area (Å²) in [6.45, 7) is 0.415. The van der Waals surface area contributed by atoms with Gasteiger partial charge in [-0.3, -0.25) is 4.79 Å². The predicted octanol–water partition coefficient (Wildman–Crippen LogP) is 1.78. The molecule has 0 fully saturated rings. The summed E-state index contributed by atoms with van der Waals surface area (Å²) in [7, 11) is 1.67. The van der Waals surface area contributed by atoms with Crippen LogP contribution in [0.3, 0.4) is 0 Å². The summed E-state index contributed by atoms with van der Waals surface area (Å²) in [4.78, 5) is 13.5. The second-order valence-corrected chi connectivity index (χ2v) is 5.74. The molecule has 7 nitrogen and oxygen atoms in total. The lowest BCUT2D eigenvalue weighted by atomic mass is 10.3. The zero-order chi connectivity index (χ0) is 15.9. The lowest BCUT2D eigenvalue weighted by Crippen LogP contribution is -2.29. The van der Waals surface area contributed by atoms with Gasteiger partial charge in [-0.1, -0.05) is 23.4 Å². The van der Waals surface area contributed by atoms with Crippen LogP contribution >= 0.6 is 23.4 Å². The van der Waals surface area contributed by atoms with Gasteiger partial charge in [0.2, 0.25) is 11.1 Å². The molecule has 0 saturated heterocycles. The summed E-state index contributed by atoms with van der Waals surface area (Å²) < 4.78 is 1.55. The van der Waals surface area contributed by atoms with Crippen LogP contribution in [0.4, 0.5) is 0 Å². The van der Waals surface area contributed by atoms with Crippen molar-refractivity contribution in [3.05, 3.63) is 29.3 Å². The number of hydrogen-bond donors (Lipinski definition) is 0. The van der Waals surface area contributed by atoms with Gasteiger partial charge in [0.25, 0.3) is 0 Å². The quantitative estimate of drug-likeness (QED) is 0.747. The normalized spacial score (nSPS) is 10.2. The van der Waals surface area contributed by atoms with E-state index in [4.69, 9.17) is 16.9 Å². The molecule has 1 aromatic heterocycles. The highest BCUT2D eigenvalue weighted by Crippen LogP contribution is 2.19. The van der Waals surface area contributed by atoms with Gasteiger partial charge in [0, 0.05) is 18.6 Å². The van der Waals surface area contributed by atoms with E-state index in [1.165, 1.54) is 16.7 Å². The van der Waals surface area contributed by atoms with E-state index in [-0.39, 0.29) is 11.7 Å². The average Bonchev–Trinajstić information content (AvgIpc) is 2.99. The molecule has 0 aliphatic carbocycles. The number of aromatic nitrogens is 4. The Hall–Kier alpha value is -2.11. The lowest BCUT2D eigenvalue weighted by molar-refractivity contribution is -0.127. The molecule has 9 heteroatoms. The third kappa shape index (κ3) is 4.19. The number of amides is 1. The Morgan fingerprint density at radius 3 is 2.86 bits per heavy atom. The lowest BCUT2D eigenvalue weighted by Gasteiger charge is -2.14. The van der Waals surface area contributed by atoms with Crippen molar-refractivity contribution < 1.29 is 4.79 Å². The fraction of sp³-hybridized carbons (Fsp3) is 0.308. The Morgan fingerprint density at radius 2 is 2.18 bits per heavy atom. The Morgan fingerprint density at radius 1 is 1.45 bits per heavy atom. The summed E-state index contributed by atoms with van der Waals surface area (Å²) >= 11 is 7.10. The first-order valence-corrected chi connectivity index (χ1v) is 7.76. The van der Waals surface area contributed by atoms with Gasteiger partial charge >= 0.3 is 0 Å². The van der Waals surface area contributed by atoms with Gasteiger partial charge in [-0.15, -0.1) is 5.10 Å². The first kappa shape index (κ1) is 16.3. The van der Waals surface area contributed by atoms with Crippen molar-refractivity contribution in [3.63, 3.8) is 0 Å². The van der Waals surface area contributed by atoms with Gasteiger partial charge in [-0.05, 0) is 34.7 Å². The van der Waals surface area contributed by atoms with Crippen molar-refractivity contribution in [3.8, 4) is 11.8 Å². The van der Waals surface area contributed by atoms with Crippen molar-refractivity contribution in [2.24, 2.45) is 0 Å². The number of nitrogens with zero attached hydrogens (tertiary/aromatic N) is 6. The maximum Gasteiger partial charge on any atom is 0.232 e. The third-order valence-corrected chi connectivity index (χ3v) is 3.98. The van der Waals surface area contributed by atoms with E-state index >= 15 is 0 Å². The fourth-order valence-electron chi connectivity index (χ4n) is 1.59. The van der Waals surface area contributed by atoms with E-state index in [1.807, 2.05) is 6.07 Å². The summed E-state index contributed by atoms with van der Waals surface area (Å²) in [5.74, 6) is 0.126. The SMILES string of the molecule is CN(CCC#N)C(=O)CSc1nnnn1-c1ccc(Cl)cc1. The average molecular weight is 337 g/mol. The van der Waals surface area contributed by atoms with Crippen LogP contribution in [0.15, 0.2) is 29.4 Å². The van der Waals surface area contributed by atoms with Crippen molar-refractivity contribution >= 4 is 29.3 Å². The first-order chi connectivity index (χ1) is 10.6. The van der Waals surface area contributed by atoms with Crippen molar-refractivity contribution in [1.82, 2.24) is 25.1 Å². The molecule has 0 saturated carbocycles. The van der Waals surface area contributed by atoms with Crippen LogP contribution in [0.1, 0.15) is 6.42 Å². The zero-order valence-electron chi connectivity index (χ0n) is 11.8. The minimum absolute atomic E-state index is 0.0779. The summed E-state index contributed by atoms with van der Waals surface area (Å²) in [6.07, 6.45) is 0.315. The van der Waals surface area contributed by atoms with E-state index in [2.05, 4.69) is 15.5 Å². The molecule has 0 spiro atoms. The molecule has 2 aromatic rings. The zero-order valence-corrected chi connectivity index (χ0v) is 13.4. The molecule has 1 aromatic carbocycles. The molecule has 0 atom stereocenters. The molecule has 1 amide bonds. The van der Waals surface area contributed by atoms with Crippen LogP contribution in [0.5, 0.6) is 0 Å². The largest absolute Gasteiger partial charge is 0.344 e. The van der Waals surface area contributed by atoms with Gasteiger partial charge in [0.1, 0.15) is 0 Å². The van der Waals surface area contributed by atoms with Crippen LogP contribution in [-0.4, -0.2) is 50.4 Å². The number of benzene rings is 1. The number of halogens is 1. The fourth-order valence-corrected chi connectivity index (χ4v) is 2.55. The molecule has 0 aliphatic rings. The number of rotatable bonds is 6. The molecule has 0 N–H and O–H groups in total. The van der Waals surface area contributed by atoms with Gasteiger partial charge in [-0.25, -0.2) is 0 Å². The van der Waals surface area contributed by atoms with Gasteiger partial charge < -0.3 is 4.90 Å². The van der Waals surface area contributed by atoms with Crippen molar-refractivity contribution in [2.75, 3.05) is 19.3 Å². The van der Waals surface area contributed by atoms with Crippen LogP contribution in [0.25, 0.3) is 5.69 Å². The molecule has 0 bridgehead atoms. The maximum absolute atomic E-state index is 11.9. The molecular weight excluding hydrogens is 324 g/mol. The van der Waals surface area contributed by atoms with Crippen LogP contribution in [0, 0.1) is 11.3 Å². The molecule has 0 unspecified atom stereocenters. The Kier molecular flexibility index (Phi) is 5.75. The van der Waals surface area contributed by atoms with Crippen LogP contribution in [-0.2, 0) is 4.79 Å². The number of thioether (sulfide) groups is 1. The second kappa shape index (κ2) is 7.77. The number of tetrazole rings is 1. The van der Waals surface area contributed by atoms with E-state index in [0.29, 0.717) is 23.1 Å². The minimum Gasteiger partial charge on any atom is -0.344 e. The second-order valence-electron chi connectivity index (χ2n) is 4.36. The number of carbonyl (C=O) groups excluding carboxylic acids is 1. The van der Waals surface area contributed by atoms with Crippen molar-refractivity contribution in [2.45, 2.75) is 11.6 Å². The van der Waals surface area contributed by atoms with Gasteiger partial charge in [0.05, 0.1) is 23.9 Å². The van der Waals surface area contributed by atoms with E-state index < -0.39 is 0 Å². The molecule has 0 radical (unpaired) electrons. The molecule has 2 rings (SSSR count). The van der Waals surface area contributed by atoms with E-state index in [0.717, 1.165) is 5.69 Å². The number of hydrogen-bond acceptors (Lipinski definition) is 6. The minimum atomic E-state index is -0.0779. The van der Waals surface area contributed by atoms with Crippen LogP contribution in [0.2, 0.25) is 5.02 Å². The van der Waals surface area contributed by atoms with E-state index in [9.17, 15) is 4.79 Å². The molecular formula is C13H13ClN6OS. The Labute approximate surface area is 136 Å². The predicted molar refractivity (Wildman–Crippen MR) is 82.8 cm³/mol. The maximum atomic E-state index is 11.9. The van der Waals surface area contributed by atoms with Crippen LogP contribution < -0.4 is 0 Å². The Bertz CT molecular complexity index is 681. The van der Waals surface area contributed by atoms with E-state index in [1.54, 1.807) is 36.0 Å². The monoisotopic (exact) mass is 336 g/mol. The summed E-state index contributed by atoms with van der Waals surface area (Å²) in [5.41, 5.74) is 0.766. The van der Waals surface area contributed by atoms with Gasteiger partial charge in [0.15, 0.2) is 0 Å². The molecule has 1 heterocycles. The topological polar surface area (TPSA) is 87.7 Å². The van der Waals surface area contributed by atoms with Crippen molar-refractivity contribution in [1.29, 1.82) is 5.26 Å². The summed E-state index contributed by atoms with van der Waals surface area (Å²) in [5, 5.41) is 21.1. The first-order valence-electron chi connectivity index (χ1n) is 6.40. The molecule has 22 heavy (non-hydrogen) atoms. The summed E-state index contributed by atoms with van der Waals surface area (Å²) in [6, 6.07) is 9.09. The Balaban J connectivity index is 2.00.